The summed E-state index contributed by atoms with van der Waals surface area (Å²) < 4.78 is 49.0. The van der Waals surface area contributed by atoms with Crippen LogP contribution >= 0.6 is 23.4 Å². The van der Waals surface area contributed by atoms with Crippen molar-refractivity contribution in [3.63, 3.8) is 0 Å². The maximum absolute atomic E-state index is 12.7. The van der Waals surface area contributed by atoms with Gasteiger partial charge in [-0.2, -0.15) is 13.2 Å². The molecule has 2 aromatic carbocycles. The summed E-state index contributed by atoms with van der Waals surface area (Å²) in [5.41, 5.74) is -0.883. The molecule has 144 valence electrons. The normalized spacial score (nSPS) is 12.1. The van der Waals surface area contributed by atoms with E-state index in [1.165, 1.54) is 24.8 Å². The molecule has 2 aromatic rings. The van der Waals surface area contributed by atoms with Crippen molar-refractivity contribution in [2.45, 2.75) is 24.1 Å². The average molecular weight is 449 g/mol. The van der Waals surface area contributed by atoms with Crippen LogP contribution in [0.5, 0.6) is 17.2 Å². The van der Waals surface area contributed by atoms with E-state index in [2.05, 4.69) is 0 Å². The van der Waals surface area contributed by atoms with Gasteiger partial charge in [0.15, 0.2) is 6.10 Å². The summed E-state index contributed by atoms with van der Waals surface area (Å²) >= 11 is 7.22. The molecule has 0 aromatic heterocycles. The van der Waals surface area contributed by atoms with Crippen LogP contribution in [0.2, 0.25) is 5.02 Å². The molecule has 0 saturated carbocycles. The molecule has 0 aliphatic heterocycles. The summed E-state index contributed by atoms with van der Waals surface area (Å²) in [7, 11) is 0. The Kier molecular flexibility index (Phi) is 9.08. The number of thioether (sulfide) groups is 1. The molecule has 0 aliphatic carbocycles. The molecule has 0 fully saturated rings. The van der Waals surface area contributed by atoms with Gasteiger partial charge in [0.2, 0.25) is 0 Å². The van der Waals surface area contributed by atoms with E-state index in [0.29, 0.717) is 4.90 Å². The van der Waals surface area contributed by atoms with Crippen molar-refractivity contribution in [2.24, 2.45) is 0 Å². The topological polar surface area (TPSA) is 55.8 Å². The molecule has 0 heterocycles. The van der Waals surface area contributed by atoms with Gasteiger partial charge in [0.05, 0.1) is 10.6 Å². The summed E-state index contributed by atoms with van der Waals surface area (Å²) in [5.74, 6) is -0.562. The molecule has 0 spiro atoms. The van der Waals surface area contributed by atoms with Crippen LogP contribution in [0.25, 0.3) is 0 Å². The van der Waals surface area contributed by atoms with Gasteiger partial charge in [-0.25, -0.2) is 4.79 Å². The predicted octanol–water partition coefficient (Wildman–Crippen LogP) is 4.81. The molecule has 0 bridgehead atoms. The van der Waals surface area contributed by atoms with Crippen LogP contribution in [0, 0.1) is 0 Å². The molecule has 4 nitrogen and oxygen atoms in total. The molecule has 0 amide bonds. The molecule has 1 unspecified atom stereocenters. The third-order valence-electron chi connectivity index (χ3n) is 3.27. The number of benzene rings is 2. The first-order valence-corrected chi connectivity index (χ1v) is 8.84. The number of carboxylic acid groups (broad SMARTS) is 1. The van der Waals surface area contributed by atoms with E-state index in [1.807, 2.05) is 0 Å². The Bertz CT molecular complexity index is 817. The number of alkyl halides is 3. The molecule has 0 saturated heterocycles. The molecule has 2 rings (SSSR count). The van der Waals surface area contributed by atoms with E-state index in [0.717, 1.165) is 18.2 Å². The van der Waals surface area contributed by atoms with Crippen molar-refractivity contribution < 1.29 is 32.5 Å². The Morgan fingerprint density at radius 3 is 2.37 bits per heavy atom. The van der Waals surface area contributed by atoms with Crippen molar-refractivity contribution in [1.29, 1.82) is 0 Å². The monoisotopic (exact) mass is 448 g/mol. The van der Waals surface area contributed by atoms with Crippen LogP contribution in [0.1, 0.15) is 12.5 Å². The fourth-order valence-electron chi connectivity index (χ4n) is 1.94. The van der Waals surface area contributed by atoms with E-state index in [1.54, 1.807) is 18.4 Å². The second-order valence-electron chi connectivity index (χ2n) is 5.16. The fraction of sp³-hybridized carbons (Fsp3) is 0.235. The average Bonchev–Trinajstić information content (AvgIpc) is 2.56. The number of carboxylic acids is 1. The standard InChI is InChI=1S/C17H14ClF3O4S.Ca.2H/c1-9(16(22)23)24-14-8-11(4-6-15(14)26-2)25-13-5-3-10(7-12(13)18)17(19,20)21;;;/h3-9H,1-2H3,(H,22,23);;;. The number of rotatable bonds is 6. The van der Waals surface area contributed by atoms with Gasteiger partial charge in [-0.15, -0.1) is 11.8 Å². The van der Waals surface area contributed by atoms with Gasteiger partial charge >= 0.3 is 49.9 Å². The van der Waals surface area contributed by atoms with Gasteiger partial charge < -0.3 is 14.6 Å². The van der Waals surface area contributed by atoms with E-state index < -0.39 is 23.8 Å². The summed E-state index contributed by atoms with van der Waals surface area (Å²) in [4.78, 5) is 11.6. The van der Waals surface area contributed by atoms with E-state index in [9.17, 15) is 18.0 Å². The first kappa shape index (κ1) is 24.2. The number of carbonyl (C=O) groups is 1. The maximum atomic E-state index is 12.7. The van der Waals surface area contributed by atoms with Crippen LogP contribution in [0.15, 0.2) is 41.3 Å². The van der Waals surface area contributed by atoms with Crippen LogP contribution in [0.4, 0.5) is 13.2 Å². The molecule has 27 heavy (non-hydrogen) atoms. The van der Waals surface area contributed by atoms with Gasteiger partial charge in [-0.1, -0.05) is 11.6 Å². The van der Waals surface area contributed by atoms with Gasteiger partial charge in [0.25, 0.3) is 0 Å². The van der Waals surface area contributed by atoms with Crippen LogP contribution in [0.3, 0.4) is 0 Å². The zero-order valence-electron chi connectivity index (χ0n) is 13.6. The number of hydrogen-bond acceptors (Lipinski definition) is 4. The van der Waals surface area contributed by atoms with Crippen molar-refractivity contribution in [3.8, 4) is 17.2 Å². The Labute approximate surface area is 193 Å². The fourth-order valence-corrected chi connectivity index (χ4v) is 2.67. The van der Waals surface area contributed by atoms with Crippen molar-refractivity contribution >= 4 is 67.1 Å². The van der Waals surface area contributed by atoms with Gasteiger partial charge in [0, 0.05) is 11.0 Å². The Balaban J connectivity index is 0.00000364. The van der Waals surface area contributed by atoms with E-state index in [4.69, 9.17) is 26.2 Å². The summed E-state index contributed by atoms with van der Waals surface area (Å²) in [6.07, 6.45) is -3.79. The molecule has 0 aliphatic rings. The molecule has 10 heteroatoms. The molecule has 1 N–H and O–H groups in total. The Hall–Kier alpha value is -0.800. The Morgan fingerprint density at radius 2 is 1.85 bits per heavy atom. The van der Waals surface area contributed by atoms with Gasteiger partial charge in [0.1, 0.15) is 17.2 Å². The molecule has 1 atom stereocenters. The van der Waals surface area contributed by atoms with E-state index >= 15 is 0 Å². The van der Waals surface area contributed by atoms with E-state index in [-0.39, 0.29) is 60.0 Å². The van der Waals surface area contributed by atoms with Gasteiger partial charge in [-0.05, 0) is 43.5 Å². The third-order valence-corrected chi connectivity index (χ3v) is 4.35. The molecular weight excluding hydrogens is 433 g/mol. The third kappa shape index (κ3) is 6.64. The minimum atomic E-state index is -4.50. The van der Waals surface area contributed by atoms with Crippen molar-refractivity contribution in [2.75, 3.05) is 6.26 Å². The second-order valence-corrected chi connectivity index (χ2v) is 6.41. The summed E-state index contributed by atoms with van der Waals surface area (Å²) in [6, 6.07) is 7.45. The first-order chi connectivity index (χ1) is 12.1. The predicted molar refractivity (Wildman–Crippen MR) is 101 cm³/mol. The van der Waals surface area contributed by atoms with Gasteiger partial charge in [-0.3, -0.25) is 0 Å². The summed E-state index contributed by atoms with van der Waals surface area (Å²) in [5, 5.41) is 8.77. The summed E-state index contributed by atoms with van der Waals surface area (Å²) in [6.45, 7) is 1.38. The number of ether oxygens (including phenoxy) is 2. The molecular formula is C17H16CaClF3O4S. The van der Waals surface area contributed by atoms with Crippen molar-refractivity contribution in [3.05, 3.63) is 47.0 Å². The molecule has 0 radical (unpaired) electrons. The van der Waals surface area contributed by atoms with Crippen LogP contribution < -0.4 is 9.47 Å². The zero-order chi connectivity index (χ0) is 19.5. The zero-order valence-corrected chi connectivity index (χ0v) is 15.2. The SMILES string of the molecule is CSc1ccc(Oc2ccc(C(F)(F)F)cc2Cl)cc1OC(C)C(=O)O.[CaH2]. The first-order valence-electron chi connectivity index (χ1n) is 7.24. The number of hydrogen-bond donors (Lipinski definition) is 1. The quantitative estimate of drug-likeness (QED) is 0.507. The van der Waals surface area contributed by atoms with Crippen LogP contribution in [-0.4, -0.2) is 61.2 Å². The van der Waals surface area contributed by atoms with Crippen LogP contribution in [-0.2, 0) is 11.0 Å². The second kappa shape index (κ2) is 10.1. The number of halogens is 4. The minimum absolute atomic E-state index is 0. The van der Waals surface area contributed by atoms with Crippen molar-refractivity contribution in [1.82, 2.24) is 0 Å². The number of aliphatic carboxylic acids is 1. The Morgan fingerprint density at radius 1 is 1.19 bits per heavy atom.